The molecule has 3 aromatic carbocycles. The van der Waals surface area contributed by atoms with E-state index >= 15 is 0 Å². The van der Waals surface area contributed by atoms with Crippen molar-refractivity contribution in [2.45, 2.75) is 6.42 Å². The molecule has 3 aromatic rings. The van der Waals surface area contributed by atoms with E-state index in [-0.39, 0.29) is 29.0 Å². The third-order valence-electron chi connectivity index (χ3n) is 3.28. The largest absolute Gasteiger partial charge is 1.00 e. The van der Waals surface area contributed by atoms with E-state index < -0.39 is 7.92 Å². The molecule has 0 spiro atoms. The molecule has 0 atom stereocenters. The first kappa shape index (κ1) is 21.4. The fraction of sp³-hybridized carbons (Fsp3) is 0.0909. The maximum atomic E-state index is 7.88. The Balaban J connectivity index is 0.000000462. The Kier molecular flexibility index (Phi) is 10.8. The molecule has 0 heterocycles. The first-order valence-corrected chi connectivity index (χ1v) is 9.16. The molecule has 25 heavy (non-hydrogen) atoms. The molecular formula is C22H20AuOP. The molecule has 3 rings (SSSR count). The van der Waals surface area contributed by atoms with E-state index in [4.69, 9.17) is 11.5 Å². The summed E-state index contributed by atoms with van der Waals surface area (Å²) in [6.07, 6.45) is 6.55. The van der Waals surface area contributed by atoms with E-state index in [9.17, 15) is 0 Å². The smallest absolute Gasteiger partial charge is 0.694 e. The molecule has 0 aliphatic carbocycles. The van der Waals surface area contributed by atoms with Gasteiger partial charge in [-0.2, -0.15) is 0 Å². The van der Waals surface area contributed by atoms with Gasteiger partial charge in [-0.05, 0) is 30.3 Å². The third kappa shape index (κ3) is 7.00. The van der Waals surface area contributed by atoms with E-state index in [0.29, 0.717) is 6.42 Å². The van der Waals surface area contributed by atoms with E-state index in [0.717, 1.165) is 0 Å². The molecule has 0 amide bonds. The van der Waals surface area contributed by atoms with Crippen molar-refractivity contribution in [3.05, 3.63) is 97.4 Å². The summed E-state index contributed by atoms with van der Waals surface area (Å²) in [5.74, 6) is 2.02. The van der Waals surface area contributed by atoms with Crippen LogP contribution in [0.15, 0.2) is 91.0 Å². The van der Waals surface area contributed by atoms with Crippen molar-refractivity contribution in [1.82, 2.24) is 0 Å². The van der Waals surface area contributed by atoms with Crippen molar-refractivity contribution in [1.29, 1.82) is 0 Å². The van der Waals surface area contributed by atoms with Gasteiger partial charge in [0.1, 0.15) is 0 Å². The zero-order valence-corrected chi connectivity index (χ0v) is 16.8. The van der Waals surface area contributed by atoms with Gasteiger partial charge in [-0.3, -0.25) is 0 Å². The van der Waals surface area contributed by atoms with Gasteiger partial charge in [0.2, 0.25) is 0 Å². The van der Waals surface area contributed by atoms with Crippen LogP contribution in [0.2, 0.25) is 0 Å². The molecule has 0 aliphatic heterocycles. The van der Waals surface area contributed by atoms with E-state index in [2.05, 4.69) is 91.0 Å². The molecule has 0 saturated heterocycles. The zero-order chi connectivity index (χ0) is 17.0. The second-order valence-corrected chi connectivity index (χ2v) is 7.21. The summed E-state index contributed by atoms with van der Waals surface area (Å²) in [4.78, 5) is 0. The Hall–Kier alpha value is -1.65. The van der Waals surface area contributed by atoms with Gasteiger partial charge in [0, 0.05) is 0 Å². The Morgan fingerprint density at radius 2 is 1.00 bits per heavy atom. The average molecular weight is 528 g/mol. The predicted molar refractivity (Wildman–Crippen MR) is 104 cm³/mol. The minimum Gasteiger partial charge on any atom is -0.694 e. The van der Waals surface area contributed by atoms with Gasteiger partial charge < -0.3 is 17.5 Å². The van der Waals surface area contributed by atoms with Crippen LogP contribution in [0, 0.1) is 12.3 Å². The van der Waals surface area contributed by atoms with Gasteiger partial charge in [0.15, 0.2) is 0 Å². The fourth-order valence-corrected chi connectivity index (χ4v) is 4.54. The molecule has 0 bridgehead atoms. The van der Waals surface area contributed by atoms with Crippen LogP contribution in [0.3, 0.4) is 0 Å². The summed E-state index contributed by atoms with van der Waals surface area (Å²) in [5.41, 5.74) is 0. The molecule has 0 aliphatic rings. The Labute approximate surface area is 167 Å². The SMILES string of the molecule is [Au+].[C-]#CCCO.c1ccc(P(c2ccccc2)c2ccccc2)cc1. The minimum atomic E-state index is -0.446. The van der Waals surface area contributed by atoms with Crippen LogP contribution in [0.1, 0.15) is 6.42 Å². The normalized spacial score (nSPS) is 9.32. The molecule has 0 fully saturated rings. The summed E-state index contributed by atoms with van der Waals surface area (Å²) in [5, 5.41) is 12.1. The Bertz CT molecular complexity index is 645. The minimum absolute atomic E-state index is 0. The van der Waals surface area contributed by atoms with Crippen molar-refractivity contribution in [2.24, 2.45) is 0 Å². The zero-order valence-electron chi connectivity index (χ0n) is 13.8. The molecule has 0 saturated carbocycles. The maximum Gasteiger partial charge on any atom is 1.00 e. The van der Waals surface area contributed by atoms with Gasteiger partial charge in [-0.1, -0.05) is 91.0 Å². The number of hydrogen-bond donors (Lipinski definition) is 1. The molecule has 130 valence electrons. The van der Waals surface area contributed by atoms with Crippen molar-refractivity contribution in [3.8, 4) is 5.92 Å². The van der Waals surface area contributed by atoms with Crippen molar-refractivity contribution < 1.29 is 27.5 Å². The molecule has 0 radical (unpaired) electrons. The molecular weight excluding hydrogens is 508 g/mol. The summed E-state index contributed by atoms with van der Waals surface area (Å²) in [6, 6.07) is 32.3. The second-order valence-electron chi connectivity index (χ2n) is 4.99. The van der Waals surface area contributed by atoms with Crippen molar-refractivity contribution in [3.63, 3.8) is 0 Å². The molecule has 0 unspecified atom stereocenters. The average Bonchev–Trinajstić information content (AvgIpc) is 2.66. The molecule has 0 aromatic heterocycles. The maximum absolute atomic E-state index is 7.88. The first-order chi connectivity index (χ1) is 11.9. The van der Waals surface area contributed by atoms with Gasteiger partial charge in [-0.25, -0.2) is 0 Å². The Morgan fingerprint density at radius 1 is 0.680 bits per heavy atom. The van der Waals surface area contributed by atoms with Gasteiger partial charge >= 0.3 is 22.4 Å². The predicted octanol–water partition coefficient (Wildman–Crippen LogP) is 3.40. The van der Waals surface area contributed by atoms with Crippen LogP contribution in [-0.4, -0.2) is 11.7 Å². The van der Waals surface area contributed by atoms with Crippen molar-refractivity contribution >= 4 is 23.8 Å². The van der Waals surface area contributed by atoms with Gasteiger partial charge in [0.25, 0.3) is 0 Å². The monoisotopic (exact) mass is 528 g/mol. The van der Waals surface area contributed by atoms with E-state index in [1.807, 2.05) is 5.92 Å². The summed E-state index contributed by atoms with van der Waals surface area (Å²) in [7, 11) is -0.446. The van der Waals surface area contributed by atoms with Crippen LogP contribution in [0.4, 0.5) is 0 Å². The van der Waals surface area contributed by atoms with Crippen LogP contribution in [0.25, 0.3) is 0 Å². The second kappa shape index (κ2) is 12.7. The Morgan fingerprint density at radius 3 is 1.20 bits per heavy atom. The first-order valence-electron chi connectivity index (χ1n) is 7.82. The number of aliphatic hydroxyl groups is 1. The van der Waals surface area contributed by atoms with Gasteiger partial charge in [-0.15, -0.1) is 0 Å². The van der Waals surface area contributed by atoms with E-state index in [1.165, 1.54) is 15.9 Å². The number of aliphatic hydroxyl groups excluding tert-OH is 1. The summed E-state index contributed by atoms with van der Waals surface area (Å²) in [6.45, 7) is 0.0451. The van der Waals surface area contributed by atoms with Crippen molar-refractivity contribution in [2.75, 3.05) is 6.61 Å². The van der Waals surface area contributed by atoms with Crippen LogP contribution in [0.5, 0.6) is 0 Å². The quantitative estimate of drug-likeness (QED) is 0.238. The third-order valence-corrected chi connectivity index (χ3v) is 5.72. The standard InChI is InChI=1S/C18H15P.C4H5O.Au/c1-4-10-16(11-5-1)19(17-12-6-2-7-13-17)18-14-8-3-9-15-18;1-2-3-4-5;/h1-15H;5H,3-4H2;/q;-1;+1. The molecule has 3 heteroatoms. The van der Waals surface area contributed by atoms with Gasteiger partial charge in [0.05, 0.1) is 6.61 Å². The van der Waals surface area contributed by atoms with Crippen LogP contribution in [-0.2, 0) is 22.4 Å². The molecule has 1 N–H and O–H groups in total. The number of rotatable bonds is 4. The summed E-state index contributed by atoms with van der Waals surface area (Å²) >= 11 is 0. The summed E-state index contributed by atoms with van der Waals surface area (Å²) < 4.78 is 0. The number of benzene rings is 3. The fourth-order valence-electron chi connectivity index (χ4n) is 2.23. The topological polar surface area (TPSA) is 20.2 Å². The van der Waals surface area contributed by atoms with Crippen LogP contribution >= 0.6 is 7.92 Å². The number of hydrogen-bond acceptors (Lipinski definition) is 1. The van der Waals surface area contributed by atoms with E-state index in [1.54, 1.807) is 0 Å². The molecule has 1 nitrogen and oxygen atoms in total. The van der Waals surface area contributed by atoms with Crippen LogP contribution < -0.4 is 15.9 Å².